The van der Waals surface area contributed by atoms with Crippen molar-refractivity contribution in [1.82, 2.24) is 24.5 Å². The molecule has 0 aromatic carbocycles. The van der Waals surface area contributed by atoms with Crippen LogP contribution in [0.5, 0.6) is 0 Å². The van der Waals surface area contributed by atoms with Gasteiger partial charge in [-0.2, -0.15) is 4.98 Å². The zero-order valence-corrected chi connectivity index (χ0v) is 17.8. The number of amides is 1. The molecule has 1 aliphatic rings. The fourth-order valence-electron chi connectivity index (χ4n) is 3.52. The lowest BCUT2D eigenvalue weighted by molar-refractivity contribution is -0.138. The second-order valence-electron chi connectivity index (χ2n) is 7.38. The van der Waals surface area contributed by atoms with Gasteiger partial charge in [0.1, 0.15) is 0 Å². The van der Waals surface area contributed by atoms with E-state index in [0.29, 0.717) is 12.8 Å². The minimum absolute atomic E-state index is 0.0602. The van der Waals surface area contributed by atoms with Gasteiger partial charge in [0.2, 0.25) is 0 Å². The highest BCUT2D eigenvalue weighted by Gasteiger charge is 2.37. The van der Waals surface area contributed by atoms with Crippen LogP contribution in [-0.4, -0.2) is 75.0 Å². The summed E-state index contributed by atoms with van der Waals surface area (Å²) in [5.74, 6) is -1.16. The van der Waals surface area contributed by atoms with E-state index in [1.54, 1.807) is 6.07 Å². The van der Waals surface area contributed by atoms with E-state index < -0.39 is 34.4 Å². The SMILES string of the molecule is CC[C@@H](C)N(C(=O)COC(=O)c1nc2nc(C)cc(C)n2n1)[C@@H]1CCS(=O)(=O)C1. The van der Waals surface area contributed by atoms with E-state index in [-0.39, 0.29) is 29.1 Å². The van der Waals surface area contributed by atoms with Gasteiger partial charge in [-0.1, -0.05) is 6.92 Å². The molecule has 2 aromatic rings. The number of carbonyl (C=O) groups excluding carboxylic acids is 2. The second kappa shape index (κ2) is 8.05. The molecule has 0 saturated carbocycles. The molecule has 3 heterocycles. The zero-order chi connectivity index (χ0) is 21.3. The number of hydrogen-bond acceptors (Lipinski definition) is 8. The number of aryl methyl sites for hydroxylation is 2. The van der Waals surface area contributed by atoms with Gasteiger partial charge in [-0.3, -0.25) is 4.79 Å². The molecule has 1 saturated heterocycles. The Morgan fingerprint density at radius 2 is 2.07 bits per heavy atom. The first-order chi connectivity index (χ1) is 13.6. The molecule has 2 aromatic heterocycles. The Balaban J connectivity index is 1.71. The van der Waals surface area contributed by atoms with Crippen molar-refractivity contribution in [3.8, 4) is 0 Å². The number of rotatable bonds is 6. The quantitative estimate of drug-likeness (QED) is 0.622. The van der Waals surface area contributed by atoms with Crippen molar-refractivity contribution in [2.24, 2.45) is 0 Å². The van der Waals surface area contributed by atoms with Crippen LogP contribution in [0.1, 0.15) is 48.7 Å². The van der Waals surface area contributed by atoms with Crippen molar-refractivity contribution in [2.45, 2.75) is 52.6 Å². The van der Waals surface area contributed by atoms with E-state index in [4.69, 9.17) is 4.74 Å². The summed E-state index contributed by atoms with van der Waals surface area (Å²) >= 11 is 0. The molecule has 1 fully saturated rings. The van der Waals surface area contributed by atoms with E-state index in [9.17, 15) is 18.0 Å². The molecule has 0 unspecified atom stereocenters. The maximum Gasteiger partial charge on any atom is 0.378 e. The lowest BCUT2D eigenvalue weighted by atomic mass is 10.1. The van der Waals surface area contributed by atoms with Crippen LogP contribution in [0.25, 0.3) is 5.78 Å². The Hall–Kier alpha value is -2.56. The zero-order valence-electron chi connectivity index (χ0n) is 17.0. The average Bonchev–Trinajstić information content (AvgIpc) is 3.23. The number of fused-ring (bicyclic) bond motifs is 1. The first kappa shape index (κ1) is 21.2. The highest BCUT2D eigenvalue weighted by molar-refractivity contribution is 7.91. The predicted octanol–water partition coefficient (Wildman–Crippen LogP) is 0.712. The minimum Gasteiger partial charge on any atom is -0.450 e. The van der Waals surface area contributed by atoms with Gasteiger partial charge in [-0.25, -0.2) is 22.7 Å². The molecule has 29 heavy (non-hydrogen) atoms. The normalized spacial score (nSPS) is 19.2. The van der Waals surface area contributed by atoms with Gasteiger partial charge in [-0.05, 0) is 39.7 Å². The van der Waals surface area contributed by atoms with Crippen molar-refractivity contribution in [3.63, 3.8) is 0 Å². The Morgan fingerprint density at radius 1 is 1.34 bits per heavy atom. The Bertz CT molecular complexity index is 1050. The maximum absolute atomic E-state index is 12.7. The summed E-state index contributed by atoms with van der Waals surface area (Å²) in [7, 11) is -3.14. The van der Waals surface area contributed by atoms with Gasteiger partial charge < -0.3 is 9.64 Å². The number of aromatic nitrogens is 4. The van der Waals surface area contributed by atoms with Crippen molar-refractivity contribution in [2.75, 3.05) is 18.1 Å². The largest absolute Gasteiger partial charge is 0.450 e. The minimum atomic E-state index is -3.14. The summed E-state index contributed by atoms with van der Waals surface area (Å²) in [6.45, 7) is 6.89. The van der Waals surface area contributed by atoms with Crippen LogP contribution in [0.3, 0.4) is 0 Å². The number of sulfone groups is 1. The van der Waals surface area contributed by atoms with Gasteiger partial charge in [0.05, 0.1) is 11.5 Å². The van der Waals surface area contributed by atoms with Crippen molar-refractivity contribution in [3.05, 3.63) is 23.3 Å². The molecule has 1 aliphatic heterocycles. The van der Waals surface area contributed by atoms with E-state index >= 15 is 0 Å². The topological polar surface area (TPSA) is 124 Å². The fourth-order valence-corrected chi connectivity index (χ4v) is 5.23. The van der Waals surface area contributed by atoms with E-state index in [0.717, 1.165) is 11.4 Å². The third-order valence-corrected chi connectivity index (χ3v) is 6.83. The van der Waals surface area contributed by atoms with Crippen LogP contribution in [0.15, 0.2) is 6.07 Å². The van der Waals surface area contributed by atoms with Crippen LogP contribution in [0.4, 0.5) is 0 Å². The molecule has 11 heteroatoms. The number of carbonyl (C=O) groups is 2. The van der Waals surface area contributed by atoms with Crippen LogP contribution in [-0.2, 0) is 19.4 Å². The average molecular weight is 423 g/mol. The number of nitrogens with zero attached hydrogens (tertiary/aromatic N) is 5. The number of hydrogen-bond donors (Lipinski definition) is 0. The lowest BCUT2D eigenvalue weighted by Gasteiger charge is -2.33. The third kappa shape index (κ3) is 4.55. The molecule has 0 radical (unpaired) electrons. The summed E-state index contributed by atoms with van der Waals surface area (Å²) in [5.41, 5.74) is 1.51. The summed E-state index contributed by atoms with van der Waals surface area (Å²) < 4.78 is 30.2. The van der Waals surface area contributed by atoms with Gasteiger partial charge in [0.15, 0.2) is 16.4 Å². The standard InChI is InChI=1S/C18H25N5O5S/c1-5-12(3)22(14-6-7-29(26,27)10-14)15(24)9-28-17(25)16-20-18-19-11(2)8-13(4)23(18)21-16/h8,12,14H,5-7,9-10H2,1-4H3/t12-,14-/m1/s1. The maximum atomic E-state index is 12.7. The molecule has 0 spiro atoms. The number of ether oxygens (including phenoxy) is 1. The van der Waals surface area contributed by atoms with Crippen molar-refractivity contribution in [1.29, 1.82) is 0 Å². The molecule has 1 amide bonds. The Labute approximate surface area is 169 Å². The molecule has 0 N–H and O–H groups in total. The molecule has 10 nitrogen and oxygen atoms in total. The smallest absolute Gasteiger partial charge is 0.378 e. The third-order valence-electron chi connectivity index (χ3n) is 5.08. The summed E-state index contributed by atoms with van der Waals surface area (Å²) in [6.07, 6.45) is 1.05. The summed E-state index contributed by atoms with van der Waals surface area (Å²) in [4.78, 5) is 34.9. The van der Waals surface area contributed by atoms with Crippen LogP contribution in [0.2, 0.25) is 0 Å². The monoisotopic (exact) mass is 423 g/mol. The van der Waals surface area contributed by atoms with Crippen LogP contribution < -0.4 is 0 Å². The van der Waals surface area contributed by atoms with E-state index in [1.807, 2.05) is 27.7 Å². The van der Waals surface area contributed by atoms with Crippen LogP contribution in [0, 0.1) is 13.8 Å². The molecule has 158 valence electrons. The summed E-state index contributed by atoms with van der Waals surface area (Å²) in [6, 6.07) is 1.24. The molecular formula is C18H25N5O5S. The molecule has 2 atom stereocenters. The fraction of sp³-hybridized carbons (Fsp3) is 0.611. The molecule has 3 rings (SSSR count). The van der Waals surface area contributed by atoms with Gasteiger partial charge >= 0.3 is 5.97 Å². The highest BCUT2D eigenvalue weighted by Crippen LogP contribution is 2.21. The van der Waals surface area contributed by atoms with Crippen molar-refractivity contribution < 1.29 is 22.7 Å². The Kier molecular flexibility index (Phi) is 5.87. The first-order valence-electron chi connectivity index (χ1n) is 9.51. The van der Waals surface area contributed by atoms with Crippen molar-refractivity contribution >= 4 is 27.5 Å². The molecule has 0 aliphatic carbocycles. The second-order valence-corrected chi connectivity index (χ2v) is 9.61. The summed E-state index contributed by atoms with van der Waals surface area (Å²) in [5, 5.41) is 4.09. The lowest BCUT2D eigenvalue weighted by Crippen LogP contribution is -2.48. The molecule has 0 bridgehead atoms. The Morgan fingerprint density at radius 3 is 2.69 bits per heavy atom. The number of esters is 1. The van der Waals surface area contributed by atoms with Gasteiger partial charge in [-0.15, -0.1) is 5.10 Å². The molecular weight excluding hydrogens is 398 g/mol. The van der Waals surface area contributed by atoms with Gasteiger partial charge in [0, 0.05) is 23.5 Å². The van der Waals surface area contributed by atoms with Gasteiger partial charge in [0.25, 0.3) is 17.5 Å². The predicted molar refractivity (Wildman–Crippen MR) is 104 cm³/mol. The highest BCUT2D eigenvalue weighted by atomic mass is 32.2. The van der Waals surface area contributed by atoms with Crippen LogP contribution >= 0.6 is 0 Å². The van der Waals surface area contributed by atoms with E-state index in [1.165, 1.54) is 9.42 Å². The first-order valence-corrected chi connectivity index (χ1v) is 11.3. The van der Waals surface area contributed by atoms with E-state index in [2.05, 4.69) is 15.1 Å².